The number of carbonyl (C=O) groups excluding carboxylic acids is 1. The molecule has 1 fully saturated rings. The highest BCUT2D eigenvalue weighted by Crippen LogP contribution is 2.31. The van der Waals surface area contributed by atoms with Gasteiger partial charge in [0.05, 0.1) is 36.9 Å². The number of aromatic hydroxyl groups is 1. The zero-order valence-corrected chi connectivity index (χ0v) is 14.4. The average Bonchev–Trinajstić information content (AvgIpc) is 2.97. The molecule has 0 unspecified atom stereocenters. The molecule has 3 heterocycles. The second-order valence-electron chi connectivity index (χ2n) is 6.04. The van der Waals surface area contributed by atoms with Crippen LogP contribution in [-0.2, 0) is 16.5 Å². The topological polar surface area (TPSA) is 98.3 Å². The highest BCUT2D eigenvalue weighted by molar-refractivity contribution is 6.04. The molecular formula is C17H18N4O5. The Hall–Kier alpha value is -3.07. The van der Waals surface area contributed by atoms with E-state index in [1.165, 1.54) is 11.6 Å². The molecule has 1 saturated heterocycles. The van der Waals surface area contributed by atoms with Gasteiger partial charge in [-0.25, -0.2) is 9.78 Å². The first-order valence-electron chi connectivity index (χ1n) is 8.19. The first-order chi connectivity index (χ1) is 12.5. The average molecular weight is 358 g/mol. The molecule has 0 bridgehead atoms. The summed E-state index contributed by atoms with van der Waals surface area (Å²) >= 11 is 0. The molecule has 0 atom stereocenters. The van der Waals surface area contributed by atoms with Crippen LogP contribution in [0.15, 0.2) is 23.0 Å². The van der Waals surface area contributed by atoms with Crippen molar-refractivity contribution in [2.45, 2.75) is 0 Å². The fourth-order valence-corrected chi connectivity index (χ4v) is 3.39. The molecule has 9 nitrogen and oxygen atoms in total. The van der Waals surface area contributed by atoms with Crippen LogP contribution in [0.1, 0.15) is 10.5 Å². The number of anilines is 1. The van der Waals surface area contributed by atoms with Crippen molar-refractivity contribution in [3.63, 3.8) is 0 Å². The van der Waals surface area contributed by atoms with E-state index in [1.807, 2.05) is 18.2 Å². The van der Waals surface area contributed by atoms with Crippen LogP contribution in [0, 0.1) is 0 Å². The Labute approximate surface area is 148 Å². The van der Waals surface area contributed by atoms with E-state index in [2.05, 4.69) is 14.6 Å². The second-order valence-corrected chi connectivity index (χ2v) is 6.04. The molecule has 1 aliphatic heterocycles. The van der Waals surface area contributed by atoms with Gasteiger partial charge < -0.3 is 19.5 Å². The number of ether oxygens (including phenoxy) is 2. The summed E-state index contributed by atoms with van der Waals surface area (Å²) < 4.78 is 12.9. The molecule has 0 saturated carbocycles. The van der Waals surface area contributed by atoms with Gasteiger partial charge in [0.1, 0.15) is 0 Å². The minimum Gasteiger partial charge on any atom is -0.501 e. The molecule has 1 aliphatic rings. The van der Waals surface area contributed by atoms with E-state index in [-0.39, 0.29) is 5.69 Å². The lowest BCUT2D eigenvalue weighted by Crippen LogP contribution is -2.36. The maximum absolute atomic E-state index is 12.7. The Morgan fingerprint density at radius 2 is 2.04 bits per heavy atom. The van der Waals surface area contributed by atoms with Crippen molar-refractivity contribution in [1.29, 1.82) is 0 Å². The van der Waals surface area contributed by atoms with E-state index in [4.69, 9.17) is 4.74 Å². The number of carbonyl (C=O) groups is 1. The molecule has 2 aromatic heterocycles. The summed E-state index contributed by atoms with van der Waals surface area (Å²) in [6.07, 6.45) is 0. The molecule has 136 valence electrons. The molecular weight excluding hydrogens is 340 g/mol. The van der Waals surface area contributed by atoms with Crippen LogP contribution in [-0.4, -0.2) is 58.7 Å². The number of benzene rings is 1. The van der Waals surface area contributed by atoms with E-state index in [0.717, 1.165) is 16.6 Å². The van der Waals surface area contributed by atoms with Gasteiger partial charge >= 0.3 is 11.5 Å². The molecule has 0 amide bonds. The van der Waals surface area contributed by atoms with Gasteiger partial charge in [-0.05, 0) is 12.1 Å². The Morgan fingerprint density at radius 1 is 1.31 bits per heavy atom. The summed E-state index contributed by atoms with van der Waals surface area (Å²) in [6.45, 7) is 2.66. The third-order valence-corrected chi connectivity index (χ3v) is 4.66. The molecule has 1 aromatic carbocycles. The first-order valence-corrected chi connectivity index (χ1v) is 8.19. The second kappa shape index (κ2) is 6.03. The Balaban J connectivity index is 2.10. The van der Waals surface area contributed by atoms with Crippen molar-refractivity contribution in [2.75, 3.05) is 38.3 Å². The number of esters is 1. The van der Waals surface area contributed by atoms with Crippen molar-refractivity contribution < 1.29 is 19.4 Å². The van der Waals surface area contributed by atoms with E-state index in [9.17, 15) is 14.7 Å². The van der Waals surface area contributed by atoms with Gasteiger partial charge in [-0.3, -0.25) is 9.48 Å². The van der Waals surface area contributed by atoms with Crippen LogP contribution in [0.25, 0.3) is 16.6 Å². The van der Waals surface area contributed by atoms with E-state index < -0.39 is 17.3 Å². The van der Waals surface area contributed by atoms with Crippen LogP contribution >= 0.6 is 0 Å². The van der Waals surface area contributed by atoms with Crippen LogP contribution < -0.4 is 10.5 Å². The van der Waals surface area contributed by atoms with Gasteiger partial charge in [-0.15, -0.1) is 0 Å². The fourth-order valence-electron chi connectivity index (χ4n) is 3.39. The predicted molar refractivity (Wildman–Crippen MR) is 94.0 cm³/mol. The van der Waals surface area contributed by atoms with Gasteiger partial charge in [0.2, 0.25) is 5.75 Å². The van der Waals surface area contributed by atoms with Crippen molar-refractivity contribution in [3.8, 4) is 5.75 Å². The first kappa shape index (κ1) is 16.4. The lowest BCUT2D eigenvalue weighted by molar-refractivity contribution is 0.0590. The van der Waals surface area contributed by atoms with Gasteiger partial charge in [0.15, 0.2) is 11.3 Å². The van der Waals surface area contributed by atoms with Crippen LogP contribution in [0.2, 0.25) is 0 Å². The Kier molecular flexibility index (Phi) is 3.80. The number of morpholine rings is 1. The van der Waals surface area contributed by atoms with E-state index >= 15 is 0 Å². The lowest BCUT2D eigenvalue weighted by atomic mass is 10.2. The monoisotopic (exact) mass is 358 g/mol. The molecule has 0 radical (unpaired) electrons. The fraction of sp³-hybridized carbons (Fsp3) is 0.353. The summed E-state index contributed by atoms with van der Waals surface area (Å²) in [4.78, 5) is 31.0. The van der Waals surface area contributed by atoms with E-state index in [1.54, 1.807) is 11.7 Å². The molecule has 4 rings (SSSR count). The summed E-state index contributed by atoms with van der Waals surface area (Å²) in [6, 6.07) is 5.71. The number of methoxy groups -OCH3 is 1. The Bertz CT molecular complexity index is 1080. The quantitative estimate of drug-likeness (QED) is 0.667. The van der Waals surface area contributed by atoms with Crippen LogP contribution in [0.4, 0.5) is 5.69 Å². The number of aryl methyl sites for hydroxylation is 1. The minimum absolute atomic E-state index is 0.299. The number of aromatic nitrogens is 3. The summed E-state index contributed by atoms with van der Waals surface area (Å²) in [5.41, 5.74) is 0.855. The van der Waals surface area contributed by atoms with E-state index in [0.29, 0.717) is 32.0 Å². The van der Waals surface area contributed by atoms with Crippen LogP contribution in [0.3, 0.4) is 0 Å². The predicted octanol–water partition coefficient (Wildman–Crippen LogP) is 0.515. The Morgan fingerprint density at radius 3 is 2.73 bits per heavy atom. The molecule has 1 N–H and O–H groups in total. The largest absolute Gasteiger partial charge is 0.501 e. The number of hydrogen-bond donors (Lipinski definition) is 1. The molecule has 26 heavy (non-hydrogen) atoms. The molecule has 0 spiro atoms. The highest BCUT2D eigenvalue weighted by atomic mass is 16.5. The minimum atomic E-state index is -0.858. The van der Waals surface area contributed by atoms with Crippen molar-refractivity contribution in [1.82, 2.24) is 14.2 Å². The maximum Gasteiger partial charge on any atom is 0.360 e. The van der Waals surface area contributed by atoms with Crippen LogP contribution in [0.5, 0.6) is 5.75 Å². The zero-order valence-electron chi connectivity index (χ0n) is 14.4. The normalized spacial score (nSPS) is 14.9. The molecule has 3 aromatic rings. The van der Waals surface area contributed by atoms with Gasteiger partial charge in [-0.1, -0.05) is 6.07 Å². The SMILES string of the molecule is COC(=O)c1nc2c3c(N4CCOCC4)cccc3n(C)n2c(=O)c1O. The van der Waals surface area contributed by atoms with Crippen molar-refractivity contribution in [3.05, 3.63) is 34.2 Å². The number of hydrogen-bond acceptors (Lipinski definition) is 7. The van der Waals surface area contributed by atoms with Gasteiger partial charge in [-0.2, -0.15) is 4.52 Å². The number of rotatable bonds is 2. The standard InChI is InChI=1S/C17H18N4O5/c1-19-10-4-3-5-11(20-6-8-26-9-7-20)12(10)15-18-13(17(24)25-2)14(22)16(23)21(15)19/h3-5,22H,6-9H2,1-2H3. The van der Waals surface area contributed by atoms with Crippen molar-refractivity contribution >= 4 is 28.2 Å². The number of nitrogens with zero attached hydrogens (tertiary/aromatic N) is 4. The molecule has 0 aliphatic carbocycles. The van der Waals surface area contributed by atoms with Crippen molar-refractivity contribution in [2.24, 2.45) is 7.05 Å². The maximum atomic E-state index is 12.7. The summed E-state index contributed by atoms with van der Waals surface area (Å²) in [5, 5.41) is 10.9. The third kappa shape index (κ3) is 2.24. The smallest absolute Gasteiger partial charge is 0.360 e. The van der Waals surface area contributed by atoms with Gasteiger partial charge in [0.25, 0.3) is 0 Å². The number of fused-ring (bicyclic) bond motifs is 3. The summed E-state index contributed by atoms with van der Waals surface area (Å²) in [7, 11) is 2.88. The lowest BCUT2D eigenvalue weighted by Gasteiger charge is -2.29. The van der Waals surface area contributed by atoms with Gasteiger partial charge in [0, 0.05) is 20.1 Å². The zero-order chi connectivity index (χ0) is 18.4. The third-order valence-electron chi connectivity index (χ3n) is 4.66. The summed E-state index contributed by atoms with van der Waals surface area (Å²) in [5.74, 6) is -1.59. The molecule has 9 heteroatoms. The highest BCUT2D eigenvalue weighted by Gasteiger charge is 2.25.